The van der Waals surface area contributed by atoms with Crippen LogP contribution in [0.5, 0.6) is 0 Å². The summed E-state index contributed by atoms with van der Waals surface area (Å²) in [7, 11) is 0. The number of anilines is 2. The molecule has 0 radical (unpaired) electrons. The van der Waals surface area contributed by atoms with Gasteiger partial charge in [-0.15, -0.1) is 0 Å². The zero-order chi connectivity index (χ0) is 13.2. The van der Waals surface area contributed by atoms with E-state index in [4.69, 9.17) is 0 Å². The van der Waals surface area contributed by atoms with Crippen molar-refractivity contribution in [2.24, 2.45) is 0 Å². The van der Waals surface area contributed by atoms with E-state index < -0.39 is 0 Å². The van der Waals surface area contributed by atoms with Gasteiger partial charge in [-0.3, -0.25) is 0 Å². The number of aliphatic hydroxyl groups excluding tert-OH is 1. The van der Waals surface area contributed by atoms with Crippen LogP contribution in [0.2, 0.25) is 0 Å². The molecule has 2 fully saturated rings. The summed E-state index contributed by atoms with van der Waals surface area (Å²) in [6, 6.07) is 2.11. The highest BCUT2D eigenvalue weighted by molar-refractivity contribution is 5.51. The van der Waals surface area contributed by atoms with Gasteiger partial charge in [0.25, 0.3) is 0 Å². The van der Waals surface area contributed by atoms with Crippen molar-refractivity contribution in [3.8, 4) is 0 Å². The van der Waals surface area contributed by atoms with Gasteiger partial charge in [0.2, 0.25) is 0 Å². The van der Waals surface area contributed by atoms with E-state index in [2.05, 4.69) is 25.8 Å². The lowest BCUT2D eigenvalue weighted by Gasteiger charge is -2.31. The van der Waals surface area contributed by atoms with Gasteiger partial charge in [-0.25, -0.2) is 9.97 Å². The normalized spacial score (nSPS) is 21.2. The number of aromatic nitrogens is 2. The minimum atomic E-state index is -0.141. The van der Waals surface area contributed by atoms with Gasteiger partial charge in [-0.2, -0.15) is 0 Å². The lowest BCUT2D eigenvalue weighted by Crippen LogP contribution is -2.36. The van der Waals surface area contributed by atoms with Crippen molar-refractivity contribution in [3.63, 3.8) is 0 Å². The molecule has 1 N–H and O–H groups in total. The number of aryl methyl sites for hydroxylation is 1. The molecule has 0 spiro atoms. The molecule has 5 heteroatoms. The predicted molar refractivity (Wildman–Crippen MR) is 75.7 cm³/mol. The van der Waals surface area contributed by atoms with E-state index >= 15 is 0 Å². The highest BCUT2D eigenvalue weighted by Gasteiger charge is 2.21. The second-order valence-corrected chi connectivity index (χ2v) is 5.54. The van der Waals surface area contributed by atoms with Gasteiger partial charge in [-0.05, 0) is 32.6 Å². The highest BCUT2D eigenvalue weighted by Crippen LogP contribution is 2.24. The van der Waals surface area contributed by atoms with Crippen LogP contribution in [0.4, 0.5) is 11.6 Å². The third-order valence-corrected chi connectivity index (χ3v) is 4.03. The number of hydrogen-bond acceptors (Lipinski definition) is 5. The topological polar surface area (TPSA) is 52.5 Å². The van der Waals surface area contributed by atoms with Crippen LogP contribution in [0.3, 0.4) is 0 Å². The summed E-state index contributed by atoms with van der Waals surface area (Å²) >= 11 is 0. The van der Waals surface area contributed by atoms with Gasteiger partial charge in [0.1, 0.15) is 17.5 Å². The third kappa shape index (κ3) is 2.81. The Morgan fingerprint density at radius 3 is 2.11 bits per heavy atom. The van der Waals surface area contributed by atoms with Crippen LogP contribution in [0.25, 0.3) is 0 Å². The Morgan fingerprint density at radius 2 is 1.53 bits per heavy atom. The highest BCUT2D eigenvalue weighted by atomic mass is 16.3. The minimum Gasteiger partial charge on any atom is -0.393 e. The van der Waals surface area contributed by atoms with Crippen LogP contribution in [-0.2, 0) is 0 Å². The molecule has 0 aromatic carbocycles. The van der Waals surface area contributed by atoms with Crippen molar-refractivity contribution in [1.82, 2.24) is 9.97 Å². The van der Waals surface area contributed by atoms with Crippen molar-refractivity contribution < 1.29 is 5.11 Å². The van der Waals surface area contributed by atoms with Crippen LogP contribution in [0, 0.1) is 6.92 Å². The molecule has 2 aliphatic heterocycles. The van der Waals surface area contributed by atoms with Gasteiger partial charge >= 0.3 is 0 Å². The van der Waals surface area contributed by atoms with E-state index in [0.29, 0.717) is 0 Å². The standard InChI is InChI=1S/C14H22N4O/c1-11-15-13(17-6-2-3-7-17)10-14(16-11)18-8-4-12(19)5-9-18/h10,12,19H,2-9H2,1H3. The summed E-state index contributed by atoms with van der Waals surface area (Å²) < 4.78 is 0. The van der Waals surface area contributed by atoms with Crippen molar-refractivity contribution in [2.45, 2.75) is 38.7 Å². The molecular weight excluding hydrogens is 240 g/mol. The molecule has 2 aliphatic rings. The fourth-order valence-electron chi connectivity index (χ4n) is 2.90. The van der Waals surface area contributed by atoms with E-state index in [0.717, 1.165) is 56.5 Å². The molecule has 3 heterocycles. The first-order valence-corrected chi connectivity index (χ1v) is 7.26. The molecule has 0 atom stereocenters. The van der Waals surface area contributed by atoms with Crippen LogP contribution < -0.4 is 9.80 Å². The predicted octanol–water partition coefficient (Wildman–Crippen LogP) is 1.35. The van der Waals surface area contributed by atoms with Crippen LogP contribution >= 0.6 is 0 Å². The third-order valence-electron chi connectivity index (χ3n) is 4.03. The first kappa shape index (κ1) is 12.7. The lowest BCUT2D eigenvalue weighted by molar-refractivity contribution is 0.145. The zero-order valence-electron chi connectivity index (χ0n) is 11.5. The first-order valence-electron chi connectivity index (χ1n) is 7.26. The lowest BCUT2D eigenvalue weighted by atomic mass is 10.1. The molecule has 5 nitrogen and oxygen atoms in total. The summed E-state index contributed by atoms with van der Waals surface area (Å²) in [5, 5.41) is 9.59. The SMILES string of the molecule is Cc1nc(N2CCCC2)cc(N2CCC(O)CC2)n1. The van der Waals surface area contributed by atoms with Crippen molar-refractivity contribution >= 4 is 11.6 Å². The second-order valence-electron chi connectivity index (χ2n) is 5.54. The molecule has 0 amide bonds. The Bertz CT molecular complexity index is 437. The van der Waals surface area contributed by atoms with E-state index in [-0.39, 0.29) is 6.10 Å². The van der Waals surface area contributed by atoms with Gasteiger partial charge in [-0.1, -0.05) is 0 Å². The molecule has 2 saturated heterocycles. The monoisotopic (exact) mass is 262 g/mol. The average Bonchev–Trinajstić information content (AvgIpc) is 2.93. The molecule has 0 aliphatic carbocycles. The van der Waals surface area contributed by atoms with Gasteiger partial charge in [0.15, 0.2) is 0 Å². The number of hydrogen-bond donors (Lipinski definition) is 1. The Labute approximate surface area is 114 Å². The van der Waals surface area contributed by atoms with Crippen molar-refractivity contribution in [2.75, 3.05) is 36.0 Å². The van der Waals surface area contributed by atoms with Gasteiger partial charge < -0.3 is 14.9 Å². The molecule has 1 aromatic heterocycles. The van der Waals surface area contributed by atoms with Crippen LogP contribution in [0.15, 0.2) is 6.07 Å². The minimum absolute atomic E-state index is 0.141. The summed E-state index contributed by atoms with van der Waals surface area (Å²) in [6.45, 7) is 5.94. The van der Waals surface area contributed by atoms with Crippen LogP contribution in [0.1, 0.15) is 31.5 Å². The first-order chi connectivity index (χ1) is 9.22. The van der Waals surface area contributed by atoms with Crippen LogP contribution in [-0.4, -0.2) is 47.4 Å². The maximum Gasteiger partial charge on any atom is 0.134 e. The Hall–Kier alpha value is -1.36. The quantitative estimate of drug-likeness (QED) is 0.872. The molecular formula is C14H22N4O. The number of rotatable bonds is 2. The molecule has 3 rings (SSSR count). The summed E-state index contributed by atoms with van der Waals surface area (Å²) in [5.74, 6) is 2.91. The zero-order valence-corrected chi connectivity index (χ0v) is 11.5. The number of aliphatic hydroxyl groups is 1. The molecule has 19 heavy (non-hydrogen) atoms. The molecule has 0 saturated carbocycles. The van der Waals surface area contributed by atoms with Crippen molar-refractivity contribution in [1.29, 1.82) is 0 Å². The Kier molecular flexibility index (Phi) is 3.55. The van der Waals surface area contributed by atoms with Gasteiger partial charge in [0, 0.05) is 32.2 Å². The molecule has 104 valence electrons. The molecule has 1 aromatic rings. The Balaban J connectivity index is 1.80. The Morgan fingerprint density at radius 1 is 1.00 bits per heavy atom. The number of piperidine rings is 1. The maximum absolute atomic E-state index is 9.59. The molecule has 0 bridgehead atoms. The van der Waals surface area contributed by atoms with E-state index in [9.17, 15) is 5.11 Å². The van der Waals surface area contributed by atoms with Gasteiger partial charge in [0.05, 0.1) is 6.10 Å². The average molecular weight is 262 g/mol. The van der Waals surface area contributed by atoms with E-state index in [1.807, 2.05) is 6.92 Å². The smallest absolute Gasteiger partial charge is 0.134 e. The second kappa shape index (κ2) is 5.33. The van der Waals surface area contributed by atoms with E-state index in [1.165, 1.54) is 12.8 Å². The molecule has 0 unspecified atom stereocenters. The summed E-state index contributed by atoms with van der Waals surface area (Å²) in [4.78, 5) is 13.7. The summed E-state index contributed by atoms with van der Waals surface area (Å²) in [5.41, 5.74) is 0. The maximum atomic E-state index is 9.59. The fraction of sp³-hybridized carbons (Fsp3) is 0.714. The largest absolute Gasteiger partial charge is 0.393 e. The summed E-state index contributed by atoms with van der Waals surface area (Å²) in [6.07, 6.45) is 4.05. The number of nitrogens with zero attached hydrogens (tertiary/aromatic N) is 4. The van der Waals surface area contributed by atoms with E-state index in [1.54, 1.807) is 0 Å². The fourth-order valence-corrected chi connectivity index (χ4v) is 2.90. The van der Waals surface area contributed by atoms with Crippen molar-refractivity contribution in [3.05, 3.63) is 11.9 Å².